The number of hydrogen-bond donors (Lipinski definition) is 2. The normalized spacial score (nSPS) is 23.6. The van der Waals surface area contributed by atoms with E-state index in [0.717, 1.165) is 0 Å². The van der Waals surface area contributed by atoms with Crippen LogP contribution in [0.2, 0.25) is 0 Å². The fraction of sp³-hybridized carbons (Fsp3) is 0.400. The molecule has 0 fully saturated rings. The van der Waals surface area contributed by atoms with E-state index in [4.69, 9.17) is 9.84 Å². The Balaban J connectivity index is 2.37. The zero-order valence-electron chi connectivity index (χ0n) is 8.52. The van der Waals surface area contributed by atoms with E-state index in [2.05, 4.69) is 10.3 Å². The van der Waals surface area contributed by atoms with Gasteiger partial charge in [0.25, 0.3) is 0 Å². The molecule has 5 nitrogen and oxygen atoms in total. The topological polar surface area (TPSA) is 71.5 Å². The molecule has 2 heterocycles. The third-order valence-electron chi connectivity index (χ3n) is 2.48. The van der Waals surface area contributed by atoms with Gasteiger partial charge in [0.05, 0.1) is 11.6 Å². The molecule has 2 rings (SSSR count). The van der Waals surface area contributed by atoms with Crippen LogP contribution in [-0.4, -0.2) is 28.2 Å². The smallest absolute Gasteiger partial charge is 0.337 e. The third kappa shape index (κ3) is 1.72. The van der Waals surface area contributed by atoms with E-state index in [1.54, 1.807) is 0 Å². The lowest BCUT2D eigenvalue weighted by molar-refractivity contribution is 0.0695. The SMILES string of the molecule is C[C@@H]1Nc2ncc(C(=O)O)cc2O[C@H]1C. The summed E-state index contributed by atoms with van der Waals surface area (Å²) >= 11 is 0. The molecule has 5 heteroatoms. The summed E-state index contributed by atoms with van der Waals surface area (Å²) in [6.07, 6.45) is 1.32. The second-order valence-electron chi connectivity index (χ2n) is 3.63. The van der Waals surface area contributed by atoms with Crippen molar-refractivity contribution >= 4 is 11.8 Å². The minimum absolute atomic E-state index is 0.00310. The number of pyridine rings is 1. The van der Waals surface area contributed by atoms with Gasteiger partial charge in [0.15, 0.2) is 11.6 Å². The summed E-state index contributed by atoms with van der Waals surface area (Å²) in [5.74, 6) is 0.103. The summed E-state index contributed by atoms with van der Waals surface area (Å²) in [5.41, 5.74) is 0.136. The highest BCUT2D eigenvalue weighted by Crippen LogP contribution is 2.29. The number of carbonyl (C=O) groups is 1. The largest absolute Gasteiger partial charge is 0.485 e. The fourth-order valence-electron chi connectivity index (χ4n) is 1.40. The fourth-order valence-corrected chi connectivity index (χ4v) is 1.40. The number of hydrogen-bond acceptors (Lipinski definition) is 4. The molecule has 0 saturated carbocycles. The highest BCUT2D eigenvalue weighted by Gasteiger charge is 2.24. The summed E-state index contributed by atoms with van der Waals surface area (Å²) < 4.78 is 5.55. The highest BCUT2D eigenvalue weighted by atomic mass is 16.5. The van der Waals surface area contributed by atoms with Crippen LogP contribution in [0.15, 0.2) is 12.3 Å². The van der Waals surface area contributed by atoms with Crippen molar-refractivity contribution in [2.75, 3.05) is 5.32 Å². The molecule has 15 heavy (non-hydrogen) atoms. The molecule has 0 saturated heterocycles. The second-order valence-corrected chi connectivity index (χ2v) is 3.63. The minimum Gasteiger partial charge on any atom is -0.485 e. The number of carboxylic acids is 1. The van der Waals surface area contributed by atoms with E-state index in [9.17, 15) is 4.79 Å². The third-order valence-corrected chi connectivity index (χ3v) is 2.48. The molecule has 0 bridgehead atoms. The molecule has 1 aliphatic rings. The molecule has 0 aliphatic carbocycles. The maximum absolute atomic E-state index is 10.7. The zero-order chi connectivity index (χ0) is 11.0. The molecule has 1 aromatic rings. The van der Waals surface area contributed by atoms with Crippen LogP contribution >= 0.6 is 0 Å². The van der Waals surface area contributed by atoms with Gasteiger partial charge in [0, 0.05) is 12.3 Å². The molecule has 2 N–H and O–H groups in total. The van der Waals surface area contributed by atoms with Crippen LogP contribution in [0.4, 0.5) is 5.82 Å². The number of anilines is 1. The van der Waals surface area contributed by atoms with E-state index < -0.39 is 5.97 Å². The van der Waals surface area contributed by atoms with Crippen molar-refractivity contribution < 1.29 is 14.6 Å². The number of aromatic carboxylic acids is 1. The van der Waals surface area contributed by atoms with Crippen LogP contribution in [0, 0.1) is 0 Å². The number of nitrogens with one attached hydrogen (secondary N) is 1. The van der Waals surface area contributed by atoms with Crippen LogP contribution in [0.3, 0.4) is 0 Å². The zero-order valence-corrected chi connectivity index (χ0v) is 8.52. The quantitative estimate of drug-likeness (QED) is 0.729. The first-order valence-electron chi connectivity index (χ1n) is 4.74. The van der Waals surface area contributed by atoms with E-state index in [-0.39, 0.29) is 17.7 Å². The molecule has 0 spiro atoms. The van der Waals surface area contributed by atoms with E-state index in [1.807, 2.05) is 13.8 Å². The molecule has 0 aromatic carbocycles. The first-order valence-corrected chi connectivity index (χ1v) is 4.74. The maximum Gasteiger partial charge on any atom is 0.337 e. The van der Waals surface area contributed by atoms with Gasteiger partial charge in [-0.15, -0.1) is 0 Å². The first kappa shape index (κ1) is 9.76. The van der Waals surface area contributed by atoms with Gasteiger partial charge in [-0.3, -0.25) is 0 Å². The van der Waals surface area contributed by atoms with Crippen LogP contribution in [-0.2, 0) is 0 Å². The molecule has 2 atom stereocenters. The van der Waals surface area contributed by atoms with Gasteiger partial charge >= 0.3 is 5.97 Å². The summed E-state index contributed by atoms with van der Waals surface area (Å²) in [7, 11) is 0. The Morgan fingerprint density at radius 2 is 2.33 bits per heavy atom. The van der Waals surface area contributed by atoms with Crippen LogP contribution in [0.25, 0.3) is 0 Å². The van der Waals surface area contributed by atoms with Crippen molar-refractivity contribution in [1.82, 2.24) is 4.98 Å². The van der Waals surface area contributed by atoms with Gasteiger partial charge in [-0.2, -0.15) is 0 Å². The Kier molecular flexibility index (Phi) is 2.22. The molecule has 0 unspecified atom stereocenters. The molecule has 0 radical (unpaired) electrons. The maximum atomic E-state index is 10.7. The van der Waals surface area contributed by atoms with Gasteiger partial charge in [0.1, 0.15) is 6.10 Å². The Labute approximate surface area is 87.1 Å². The van der Waals surface area contributed by atoms with Crippen molar-refractivity contribution in [2.24, 2.45) is 0 Å². The molecule has 80 valence electrons. The Morgan fingerprint density at radius 3 is 3.00 bits per heavy atom. The average molecular weight is 208 g/mol. The minimum atomic E-state index is -1.000. The lowest BCUT2D eigenvalue weighted by Crippen LogP contribution is -2.37. The Morgan fingerprint density at radius 1 is 1.60 bits per heavy atom. The van der Waals surface area contributed by atoms with Crippen molar-refractivity contribution in [3.05, 3.63) is 17.8 Å². The second kappa shape index (κ2) is 3.42. The first-order chi connectivity index (χ1) is 7.08. The van der Waals surface area contributed by atoms with Crippen molar-refractivity contribution in [2.45, 2.75) is 26.0 Å². The van der Waals surface area contributed by atoms with Crippen molar-refractivity contribution in [3.8, 4) is 5.75 Å². The summed E-state index contributed by atoms with van der Waals surface area (Å²) in [4.78, 5) is 14.7. The lowest BCUT2D eigenvalue weighted by Gasteiger charge is -2.29. The van der Waals surface area contributed by atoms with Gasteiger partial charge in [0.2, 0.25) is 0 Å². The van der Waals surface area contributed by atoms with Crippen LogP contribution in [0.5, 0.6) is 5.75 Å². The number of nitrogens with zero attached hydrogens (tertiary/aromatic N) is 1. The number of aromatic nitrogens is 1. The molecule has 1 aliphatic heterocycles. The Hall–Kier alpha value is -1.78. The monoisotopic (exact) mass is 208 g/mol. The average Bonchev–Trinajstić information content (AvgIpc) is 2.19. The van der Waals surface area contributed by atoms with Crippen LogP contribution in [0.1, 0.15) is 24.2 Å². The lowest BCUT2D eigenvalue weighted by atomic mass is 10.1. The summed E-state index contributed by atoms with van der Waals surface area (Å²) in [6.45, 7) is 3.91. The van der Waals surface area contributed by atoms with E-state index in [1.165, 1.54) is 12.3 Å². The summed E-state index contributed by atoms with van der Waals surface area (Å²) in [5, 5.41) is 11.9. The number of fused-ring (bicyclic) bond motifs is 1. The molecule has 0 amide bonds. The number of carboxylic acid groups (broad SMARTS) is 1. The summed E-state index contributed by atoms with van der Waals surface area (Å²) in [6, 6.07) is 1.65. The predicted molar refractivity (Wildman–Crippen MR) is 54.4 cm³/mol. The molecular weight excluding hydrogens is 196 g/mol. The van der Waals surface area contributed by atoms with Crippen molar-refractivity contribution in [3.63, 3.8) is 0 Å². The number of ether oxygens (including phenoxy) is 1. The Bertz CT molecular complexity index is 406. The highest BCUT2D eigenvalue weighted by molar-refractivity contribution is 5.88. The van der Waals surface area contributed by atoms with Gasteiger partial charge in [-0.1, -0.05) is 0 Å². The molecule has 1 aromatic heterocycles. The number of rotatable bonds is 1. The van der Waals surface area contributed by atoms with Gasteiger partial charge in [-0.25, -0.2) is 9.78 Å². The van der Waals surface area contributed by atoms with Crippen LogP contribution < -0.4 is 10.1 Å². The molecular formula is C10H12N2O3. The van der Waals surface area contributed by atoms with E-state index >= 15 is 0 Å². The van der Waals surface area contributed by atoms with Crippen molar-refractivity contribution in [1.29, 1.82) is 0 Å². The van der Waals surface area contributed by atoms with Gasteiger partial charge in [-0.05, 0) is 13.8 Å². The standard InChI is InChI=1S/C10H12N2O3/c1-5-6(2)15-8-3-7(10(13)14)4-11-9(8)12-5/h3-6H,1-2H3,(H,11,12)(H,13,14)/t5-,6-/m0/s1. The van der Waals surface area contributed by atoms with Gasteiger partial charge < -0.3 is 15.2 Å². The van der Waals surface area contributed by atoms with E-state index in [0.29, 0.717) is 11.6 Å². The predicted octanol–water partition coefficient (Wildman–Crippen LogP) is 1.36.